The van der Waals surface area contributed by atoms with Crippen molar-refractivity contribution in [1.29, 1.82) is 0 Å². The first kappa shape index (κ1) is 10.7. The summed E-state index contributed by atoms with van der Waals surface area (Å²) in [7, 11) is 0. The topological polar surface area (TPSA) is 12.0 Å². The van der Waals surface area contributed by atoms with Crippen molar-refractivity contribution in [2.45, 2.75) is 46.2 Å². The highest BCUT2D eigenvalue weighted by atomic mass is 32.1. The summed E-state index contributed by atoms with van der Waals surface area (Å²) in [5.41, 5.74) is 0. The highest BCUT2D eigenvalue weighted by molar-refractivity contribution is 7.11. The molecule has 0 saturated heterocycles. The number of hydrogen-bond donors (Lipinski definition) is 1. The first-order chi connectivity index (χ1) is 6.22. The van der Waals surface area contributed by atoms with Gasteiger partial charge in [-0.25, -0.2) is 0 Å². The van der Waals surface area contributed by atoms with Crippen LogP contribution in [0.4, 0.5) is 0 Å². The van der Waals surface area contributed by atoms with Crippen LogP contribution in [0.25, 0.3) is 0 Å². The Kier molecular flexibility index (Phi) is 4.46. The highest BCUT2D eigenvalue weighted by Crippen LogP contribution is 2.14. The minimum atomic E-state index is 0.646. The monoisotopic (exact) mass is 197 g/mol. The van der Waals surface area contributed by atoms with Crippen molar-refractivity contribution in [3.05, 3.63) is 21.9 Å². The molecule has 1 aromatic rings. The van der Waals surface area contributed by atoms with E-state index in [9.17, 15) is 0 Å². The molecule has 0 aliphatic carbocycles. The van der Waals surface area contributed by atoms with Crippen molar-refractivity contribution in [2.24, 2.45) is 0 Å². The fourth-order valence-corrected chi connectivity index (χ4v) is 2.23. The van der Waals surface area contributed by atoms with E-state index in [1.807, 2.05) is 11.3 Å². The van der Waals surface area contributed by atoms with Gasteiger partial charge in [-0.3, -0.25) is 0 Å². The number of thiophene rings is 1. The predicted octanol–water partition coefficient (Wildman–Crippen LogP) is 3.33. The van der Waals surface area contributed by atoms with Gasteiger partial charge >= 0.3 is 0 Å². The lowest BCUT2D eigenvalue weighted by molar-refractivity contribution is 0.511. The van der Waals surface area contributed by atoms with E-state index < -0.39 is 0 Å². The SMILES string of the molecule is CCCC(C)NCc1ccc(C)s1. The summed E-state index contributed by atoms with van der Waals surface area (Å²) < 4.78 is 0. The zero-order valence-corrected chi connectivity index (χ0v) is 9.58. The molecule has 0 fully saturated rings. The van der Waals surface area contributed by atoms with Gasteiger partial charge in [0.2, 0.25) is 0 Å². The lowest BCUT2D eigenvalue weighted by Crippen LogP contribution is -2.24. The molecule has 74 valence electrons. The summed E-state index contributed by atoms with van der Waals surface area (Å²) in [4.78, 5) is 2.85. The summed E-state index contributed by atoms with van der Waals surface area (Å²) in [6.45, 7) is 7.67. The van der Waals surface area contributed by atoms with Gasteiger partial charge < -0.3 is 5.32 Å². The molecule has 0 spiro atoms. The van der Waals surface area contributed by atoms with Gasteiger partial charge in [0.15, 0.2) is 0 Å². The van der Waals surface area contributed by atoms with Crippen molar-refractivity contribution >= 4 is 11.3 Å². The van der Waals surface area contributed by atoms with Crippen LogP contribution < -0.4 is 5.32 Å². The summed E-state index contributed by atoms with van der Waals surface area (Å²) in [5.74, 6) is 0. The third-order valence-corrected chi connectivity index (χ3v) is 3.14. The maximum Gasteiger partial charge on any atom is 0.0302 e. The minimum Gasteiger partial charge on any atom is -0.309 e. The molecule has 0 radical (unpaired) electrons. The molecule has 0 bridgehead atoms. The Morgan fingerprint density at radius 1 is 1.46 bits per heavy atom. The summed E-state index contributed by atoms with van der Waals surface area (Å²) in [6, 6.07) is 5.05. The molecule has 1 aromatic heterocycles. The Balaban J connectivity index is 2.26. The van der Waals surface area contributed by atoms with Gasteiger partial charge in [0.25, 0.3) is 0 Å². The lowest BCUT2D eigenvalue weighted by Gasteiger charge is -2.10. The fourth-order valence-electron chi connectivity index (χ4n) is 1.39. The van der Waals surface area contributed by atoms with E-state index in [1.54, 1.807) is 0 Å². The molecule has 0 amide bonds. The number of nitrogens with one attached hydrogen (secondary N) is 1. The van der Waals surface area contributed by atoms with E-state index in [1.165, 1.54) is 22.6 Å². The van der Waals surface area contributed by atoms with Crippen molar-refractivity contribution in [3.63, 3.8) is 0 Å². The molecule has 1 heterocycles. The molecular formula is C11H19NS. The zero-order valence-electron chi connectivity index (χ0n) is 8.76. The maximum absolute atomic E-state index is 3.52. The zero-order chi connectivity index (χ0) is 9.68. The van der Waals surface area contributed by atoms with Crippen molar-refractivity contribution in [2.75, 3.05) is 0 Å². The van der Waals surface area contributed by atoms with E-state index in [-0.39, 0.29) is 0 Å². The molecule has 1 atom stereocenters. The van der Waals surface area contributed by atoms with Gasteiger partial charge in [0.05, 0.1) is 0 Å². The molecule has 0 aliphatic rings. The average Bonchev–Trinajstić information content (AvgIpc) is 2.49. The molecule has 0 aliphatic heterocycles. The Morgan fingerprint density at radius 3 is 2.77 bits per heavy atom. The number of hydrogen-bond acceptors (Lipinski definition) is 2. The third-order valence-electron chi connectivity index (χ3n) is 2.14. The Hall–Kier alpha value is -0.340. The number of aryl methyl sites for hydroxylation is 1. The van der Waals surface area contributed by atoms with Crippen LogP contribution in [0.5, 0.6) is 0 Å². The van der Waals surface area contributed by atoms with Gasteiger partial charge in [-0.2, -0.15) is 0 Å². The lowest BCUT2D eigenvalue weighted by atomic mass is 10.2. The molecule has 0 saturated carbocycles. The van der Waals surface area contributed by atoms with Gasteiger partial charge in [0.1, 0.15) is 0 Å². The summed E-state index contributed by atoms with van der Waals surface area (Å²) >= 11 is 1.89. The summed E-state index contributed by atoms with van der Waals surface area (Å²) in [5, 5.41) is 3.52. The normalized spacial score (nSPS) is 13.2. The fraction of sp³-hybridized carbons (Fsp3) is 0.636. The maximum atomic E-state index is 3.52. The third kappa shape index (κ3) is 3.92. The number of rotatable bonds is 5. The second kappa shape index (κ2) is 5.40. The highest BCUT2D eigenvalue weighted by Gasteiger charge is 2.00. The van der Waals surface area contributed by atoms with Gasteiger partial charge in [-0.05, 0) is 32.4 Å². The van der Waals surface area contributed by atoms with E-state index in [0.717, 1.165) is 6.54 Å². The Morgan fingerprint density at radius 2 is 2.23 bits per heavy atom. The molecule has 1 nitrogen and oxygen atoms in total. The van der Waals surface area contributed by atoms with Crippen LogP contribution in [0, 0.1) is 6.92 Å². The van der Waals surface area contributed by atoms with Crippen LogP contribution in [0.2, 0.25) is 0 Å². The first-order valence-electron chi connectivity index (χ1n) is 5.01. The second-order valence-electron chi connectivity index (χ2n) is 3.58. The summed E-state index contributed by atoms with van der Waals surface area (Å²) in [6.07, 6.45) is 2.53. The standard InChI is InChI=1S/C11H19NS/c1-4-5-9(2)12-8-11-7-6-10(3)13-11/h6-7,9,12H,4-5,8H2,1-3H3. The predicted molar refractivity (Wildman–Crippen MR) is 60.3 cm³/mol. The first-order valence-corrected chi connectivity index (χ1v) is 5.82. The average molecular weight is 197 g/mol. The largest absolute Gasteiger partial charge is 0.309 e. The van der Waals surface area contributed by atoms with E-state index in [4.69, 9.17) is 0 Å². The molecule has 1 rings (SSSR count). The molecule has 13 heavy (non-hydrogen) atoms. The molecular weight excluding hydrogens is 178 g/mol. The van der Waals surface area contributed by atoms with E-state index in [0.29, 0.717) is 6.04 Å². The van der Waals surface area contributed by atoms with Crippen molar-refractivity contribution < 1.29 is 0 Å². The second-order valence-corrected chi connectivity index (χ2v) is 4.96. The minimum absolute atomic E-state index is 0.646. The van der Waals surface area contributed by atoms with Crippen LogP contribution in [-0.4, -0.2) is 6.04 Å². The molecule has 0 aromatic carbocycles. The smallest absolute Gasteiger partial charge is 0.0302 e. The van der Waals surface area contributed by atoms with Crippen LogP contribution in [0.3, 0.4) is 0 Å². The molecule has 2 heteroatoms. The van der Waals surface area contributed by atoms with Crippen molar-refractivity contribution in [3.8, 4) is 0 Å². The molecule has 1 N–H and O–H groups in total. The van der Waals surface area contributed by atoms with Gasteiger partial charge in [0, 0.05) is 22.3 Å². The Labute approximate surface area is 85.2 Å². The quantitative estimate of drug-likeness (QED) is 0.763. The van der Waals surface area contributed by atoms with Gasteiger partial charge in [-0.15, -0.1) is 11.3 Å². The van der Waals surface area contributed by atoms with Crippen LogP contribution in [0.1, 0.15) is 36.4 Å². The van der Waals surface area contributed by atoms with E-state index >= 15 is 0 Å². The van der Waals surface area contributed by atoms with Crippen molar-refractivity contribution in [1.82, 2.24) is 5.32 Å². The van der Waals surface area contributed by atoms with Crippen LogP contribution in [-0.2, 0) is 6.54 Å². The van der Waals surface area contributed by atoms with E-state index in [2.05, 4.69) is 38.2 Å². The van der Waals surface area contributed by atoms with Crippen LogP contribution >= 0.6 is 11.3 Å². The Bertz CT molecular complexity index is 242. The van der Waals surface area contributed by atoms with Crippen LogP contribution in [0.15, 0.2) is 12.1 Å². The van der Waals surface area contributed by atoms with Gasteiger partial charge in [-0.1, -0.05) is 13.3 Å². The molecule has 1 unspecified atom stereocenters.